The molecule has 2 fully saturated rings. The first-order valence-corrected chi connectivity index (χ1v) is 12.6. The highest BCUT2D eigenvalue weighted by molar-refractivity contribution is 6.28. The lowest BCUT2D eigenvalue weighted by Gasteiger charge is -2.26. The molecule has 2 aliphatic heterocycles. The van der Waals surface area contributed by atoms with Gasteiger partial charge in [-0.1, -0.05) is 36.3 Å². The summed E-state index contributed by atoms with van der Waals surface area (Å²) in [5, 5.41) is 31.9. The van der Waals surface area contributed by atoms with Gasteiger partial charge in [0.05, 0.1) is 18.6 Å². The lowest BCUT2D eigenvalue weighted by molar-refractivity contribution is -0.156. The molecule has 11 nitrogen and oxygen atoms in total. The zero-order chi connectivity index (χ0) is 26.9. The van der Waals surface area contributed by atoms with Crippen LogP contribution in [0, 0.1) is 18.3 Å². The van der Waals surface area contributed by atoms with E-state index < -0.39 is 36.1 Å². The van der Waals surface area contributed by atoms with E-state index in [1.807, 2.05) is 6.07 Å². The second-order valence-corrected chi connectivity index (χ2v) is 9.81. The van der Waals surface area contributed by atoms with Crippen LogP contribution < -0.4 is 0 Å². The Kier molecular flexibility index (Phi) is 7.63. The van der Waals surface area contributed by atoms with Gasteiger partial charge in [0, 0.05) is 19.6 Å². The van der Waals surface area contributed by atoms with Crippen molar-refractivity contribution in [3.05, 3.63) is 53.2 Å². The highest BCUT2D eigenvalue weighted by Gasteiger charge is 2.56. The third kappa shape index (κ3) is 5.11. The fraction of sp³-hybridized carbons (Fsp3) is 0.462. The van der Waals surface area contributed by atoms with Crippen molar-refractivity contribution < 1.29 is 34.3 Å². The average Bonchev–Trinajstić information content (AvgIpc) is 3.62. The van der Waals surface area contributed by atoms with E-state index in [-0.39, 0.29) is 24.2 Å². The van der Waals surface area contributed by atoms with Crippen molar-refractivity contribution in [2.75, 3.05) is 19.8 Å². The molecule has 3 N–H and O–H groups in total. The molecule has 0 spiro atoms. The molecule has 0 radical (unpaired) electrons. The number of terminal acetylenes is 1. The number of ether oxygens (including phenoxy) is 3. The molecule has 3 aromatic rings. The number of carbonyl (C=O) groups is 1. The van der Waals surface area contributed by atoms with E-state index in [1.54, 1.807) is 24.3 Å². The molecule has 2 unspecified atom stereocenters. The fourth-order valence-corrected chi connectivity index (χ4v) is 5.04. The van der Waals surface area contributed by atoms with Crippen molar-refractivity contribution in [1.29, 1.82) is 0 Å². The Labute approximate surface area is 223 Å². The van der Waals surface area contributed by atoms with E-state index >= 15 is 0 Å². The van der Waals surface area contributed by atoms with E-state index in [2.05, 4.69) is 20.9 Å². The molecule has 0 bridgehead atoms. The summed E-state index contributed by atoms with van der Waals surface area (Å²) in [7, 11) is 0. The maximum atomic E-state index is 11.8. The van der Waals surface area contributed by atoms with E-state index in [9.17, 15) is 20.1 Å². The van der Waals surface area contributed by atoms with Crippen LogP contribution in [-0.4, -0.2) is 84.5 Å². The number of carboxylic acids is 1. The molecule has 0 amide bonds. The predicted molar refractivity (Wildman–Crippen MR) is 134 cm³/mol. The number of hydrogen-bond donors (Lipinski definition) is 3. The number of aliphatic hydroxyl groups is 2. The molecule has 0 aliphatic carbocycles. The van der Waals surface area contributed by atoms with E-state index in [4.69, 9.17) is 32.2 Å². The smallest absolute Gasteiger partial charge is 0.333 e. The van der Waals surface area contributed by atoms with Crippen LogP contribution in [0.1, 0.15) is 23.9 Å². The van der Waals surface area contributed by atoms with Gasteiger partial charge in [-0.05, 0) is 35.9 Å². The molecule has 6 atom stereocenters. The summed E-state index contributed by atoms with van der Waals surface area (Å²) in [6.07, 6.45) is 3.35. The van der Waals surface area contributed by atoms with Gasteiger partial charge in [-0.25, -0.2) is 14.8 Å². The number of aromatic nitrogens is 4. The van der Waals surface area contributed by atoms with Gasteiger partial charge >= 0.3 is 5.97 Å². The number of aliphatic carboxylic acids is 1. The highest BCUT2D eigenvalue weighted by atomic mass is 35.5. The van der Waals surface area contributed by atoms with Gasteiger partial charge in [-0.3, -0.25) is 4.57 Å². The van der Waals surface area contributed by atoms with Crippen LogP contribution in [0.15, 0.2) is 36.7 Å². The molecule has 200 valence electrons. The van der Waals surface area contributed by atoms with Crippen LogP contribution in [0.5, 0.6) is 0 Å². The Morgan fingerprint density at radius 1 is 1.34 bits per heavy atom. The van der Waals surface area contributed by atoms with Gasteiger partial charge in [0.1, 0.15) is 17.7 Å². The van der Waals surface area contributed by atoms with Gasteiger partial charge in [0.25, 0.3) is 0 Å². The molecule has 38 heavy (non-hydrogen) atoms. The van der Waals surface area contributed by atoms with Crippen LogP contribution >= 0.6 is 11.6 Å². The zero-order valence-corrected chi connectivity index (χ0v) is 21.1. The lowest BCUT2D eigenvalue weighted by atomic mass is 9.93. The summed E-state index contributed by atoms with van der Waals surface area (Å²) in [6, 6.07) is 8.99. The van der Waals surface area contributed by atoms with Gasteiger partial charge in [0.2, 0.25) is 5.28 Å². The standard InChI is InChI=1S/C26H27ClN4O7/c1-2-26(35)19(13-37-18(24(33)34)11-15-6-4-3-5-7-15)38-23(21(26)32)31-14-28-20-17(10-16-8-9-36-12-16)29-25(27)30-22(20)31/h1,3-7,14,16,18-19,21,23,32,35H,8-13H2,(H,33,34)/t16?,18?,19-,21+,23-,26-/m1/s1. The third-order valence-corrected chi connectivity index (χ3v) is 7.15. The van der Waals surface area contributed by atoms with Crippen molar-refractivity contribution >= 4 is 28.7 Å². The molecule has 2 aliphatic rings. The number of halogens is 1. The summed E-state index contributed by atoms with van der Waals surface area (Å²) in [5.41, 5.74) is 0.0156. The second kappa shape index (κ2) is 10.9. The maximum Gasteiger partial charge on any atom is 0.333 e. The van der Waals surface area contributed by atoms with Crippen LogP contribution in [0.25, 0.3) is 11.2 Å². The molecule has 5 rings (SSSR count). The van der Waals surface area contributed by atoms with Crippen molar-refractivity contribution in [3.8, 4) is 12.3 Å². The summed E-state index contributed by atoms with van der Waals surface area (Å²) in [4.78, 5) is 24.9. The summed E-state index contributed by atoms with van der Waals surface area (Å²) in [5.74, 6) is 1.29. The Hall–Kier alpha value is -3.11. The zero-order valence-electron chi connectivity index (χ0n) is 20.3. The molecule has 2 saturated heterocycles. The molecular weight excluding hydrogens is 516 g/mol. The highest BCUT2D eigenvalue weighted by Crippen LogP contribution is 2.39. The second-order valence-electron chi connectivity index (χ2n) is 9.48. The largest absolute Gasteiger partial charge is 0.479 e. The fourth-order valence-electron chi connectivity index (χ4n) is 4.86. The van der Waals surface area contributed by atoms with Crippen LogP contribution in [-0.2, 0) is 31.8 Å². The number of rotatable bonds is 9. The number of aliphatic hydroxyl groups excluding tert-OH is 1. The summed E-state index contributed by atoms with van der Waals surface area (Å²) in [6.45, 7) is 0.922. The monoisotopic (exact) mass is 542 g/mol. The first-order chi connectivity index (χ1) is 18.3. The van der Waals surface area contributed by atoms with Crippen molar-refractivity contribution in [1.82, 2.24) is 19.5 Å². The topological polar surface area (TPSA) is 149 Å². The van der Waals surface area contributed by atoms with Crippen LogP contribution in [0.3, 0.4) is 0 Å². The van der Waals surface area contributed by atoms with E-state index in [0.29, 0.717) is 36.5 Å². The predicted octanol–water partition coefficient (Wildman–Crippen LogP) is 1.39. The quantitative estimate of drug-likeness (QED) is 0.267. The minimum Gasteiger partial charge on any atom is -0.479 e. The Balaban J connectivity index is 1.38. The van der Waals surface area contributed by atoms with E-state index in [1.165, 1.54) is 10.9 Å². The van der Waals surface area contributed by atoms with Crippen molar-refractivity contribution in [2.45, 2.75) is 49.4 Å². The van der Waals surface area contributed by atoms with Crippen LogP contribution in [0.4, 0.5) is 0 Å². The SMILES string of the molecule is C#C[C@@]1(O)[C@@H](COC(Cc2ccccc2)C(=O)O)O[C@@H](n2cnc3c(CC4CCOC4)nc(Cl)nc32)[C@@H]1O. The molecule has 2 aromatic heterocycles. The molecular formula is C26H27ClN4O7. The normalized spacial score (nSPS) is 27.9. The Morgan fingerprint density at radius 3 is 2.82 bits per heavy atom. The number of carboxylic acid groups (broad SMARTS) is 1. The molecule has 0 saturated carbocycles. The Morgan fingerprint density at radius 2 is 2.13 bits per heavy atom. The minimum atomic E-state index is -2.17. The maximum absolute atomic E-state index is 11.8. The first-order valence-electron chi connectivity index (χ1n) is 12.2. The van der Waals surface area contributed by atoms with Crippen LogP contribution in [0.2, 0.25) is 5.28 Å². The Bertz CT molecular complexity index is 1340. The summed E-state index contributed by atoms with van der Waals surface area (Å²) >= 11 is 6.22. The molecule has 1 aromatic carbocycles. The number of fused-ring (bicyclic) bond motifs is 1. The van der Waals surface area contributed by atoms with Crippen molar-refractivity contribution in [3.63, 3.8) is 0 Å². The summed E-state index contributed by atoms with van der Waals surface area (Å²) < 4.78 is 18.5. The van der Waals surface area contributed by atoms with Gasteiger partial charge in [0.15, 0.2) is 23.6 Å². The van der Waals surface area contributed by atoms with Gasteiger partial charge < -0.3 is 29.5 Å². The first kappa shape index (κ1) is 26.5. The number of imidazole rings is 1. The van der Waals surface area contributed by atoms with E-state index in [0.717, 1.165) is 12.0 Å². The minimum absolute atomic E-state index is 0.00189. The number of benzene rings is 1. The number of hydrogen-bond acceptors (Lipinski definition) is 9. The molecule has 4 heterocycles. The van der Waals surface area contributed by atoms with Gasteiger partial charge in [-0.2, -0.15) is 4.98 Å². The average molecular weight is 543 g/mol. The number of nitrogens with zero attached hydrogens (tertiary/aromatic N) is 4. The third-order valence-electron chi connectivity index (χ3n) is 6.98. The van der Waals surface area contributed by atoms with Gasteiger partial charge in [-0.15, -0.1) is 6.42 Å². The van der Waals surface area contributed by atoms with Crippen molar-refractivity contribution in [2.24, 2.45) is 5.92 Å². The molecule has 12 heteroatoms. The lowest BCUT2D eigenvalue weighted by Crippen LogP contribution is -2.48.